The van der Waals surface area contributed by atoms with Gasteiger partial charge in [0.1, 0.15) is 5.82 Å². The number of hydrogen-bond acceptors (Lipinski definition) is 5. The molecule has 7 heteroatoms. The SMILES string of the molecule is C[C@H](OC(=O)c1cccc(F)c1)C(=O)Nc1ccc(N2CCOCC2)cc1. The second-order valence-electron chi connectivity index (χ2n) is 6.19. The van der Waals surface area contributed by atoms with Gasteiger partial charge in [0.2, 0.25) is 0 Å². The molecule has 2 aromatic carbocycles. The van der Waals surface area contributed by atoms with Crippen molar-refractivity contribution in [1.82, 2.24) is 0 Å². The zero-order valence-corrected chi connectivity index (χ0v) is 15.0. The topological polar surface area (TPSA) is 67.9 Å². The summed E-state index contributed by atoms with van der Waals surface area (Å²) in [5.41, 5.74) is 1.72. The highest BCUT2D eigenvalue weighted by atomic mass is 19.1. The molecule has 0 radical (unpaired) electrons. The van der Waals surface area contributed by atoms with E-state index < -0.39 is 23.8 Å². The lowest BCUT2D eigenvalue weighted by atomic mass is 10.2. The number of ether oxygens (including phenoxy) is 2. The molecule has 1 aliphatic rings. The van der Waals surface area contributed by atoms with E-state index in [2.05, 4.69) is 10.2 Å². The lowest BCUT2D eigenvalue weighted by molar-refractivity contribution is -0.123. The van der Waals surface area contributed by atoms with Gasteiger partial charge in [-0.2, -0.15) is 0 Å². The van der Waals surface area contributed by atoms with Gasteiger partial charge in [-0.05, 0) is 49.4 Å². The minimum Gasteiger partial charge on any atom is -0.449 e. The summed E-state index contributed by atoms with van der Waals surface area (Å²) in [6, 6.07) is 12.6. The first-order valence-corrected chi connectivity index (χ1v) is 8.73. The molecule has 1 N–H and O–H groups in total. The zero-order chi connectivity index (χ0) is 19.2. The van der Waals surface area contributed by atoms with E-state index in [-0.39, 0.29) is 5.56 Å². The molecule has 2 aromatic rings. The Hall–Kier alpha value is -2.93. The standard InChI is InChI=1S/C20H21FN2O4/c1-14(27-20(25)15-3-2-4-16(21)13-15)19(24)22-17-5-7-18(8-6-17)23-9-11-26-12-10-23/h2-8,13-14H,9-12H2,1H3,(H,22,24)/t14-/m0/s1. The number of hydrogen-bond donors (Lipinski definition) is 1. The maximum absolute atomic E-state index is 13.2. The number of benzene rings is 2. The molecule has 0 spiro atoms. The summed E-state index contributed by atoms with van der Waals surface area (Å²) in [5.74, 6) is -1.75. The molecule has 1 saturated heterocycles. The zero-order valence-electron chi connectivity index (χ0n) is 15.0. The van der Waals surface area contributed by atoms with Crippen molar-refractivity contribution in [3.8, 4) is 0 Å². The molecule has 1 aliphatic heterocycles. The van der Waals surface area contributed by atoms with Crippen molar-refractivity contribution < 1.29 is 23.5 Å². The fraction of sp³-hybridized carbons (Fsp3) is 0.300. The summed E-state index contributed by atoms with van der Waals surface area (Å²) in [5, 5.41) is 2.71. The summed E-state index contributed by atoms with van der Waals surface area (Å²) >= 11 is 0. The molecule has 27 heavy (non-hydrogen) atoms. The second-order valence-corrected chi connectivity index (χ2v) is 6.19. The molecule has 0 bridgehead atoms. The molecule has 1 fully saturated rings. The maximum Gasteiger partial charge on any atom is 0.339 e. The molecule has 0 unspecified atom stereocenters. The quantitative estimate of drug-likeness (QED) is 0.818. The van der Waals surface area contributed by atoms with Gasteiger partial charge in [-0.25, -0.2) is 9.18 Å². The van der Waals surface area contributed by atoms with Crippen LogP contribution in [-0.2, 0) is 14.3 Å². The van der Waals surface area contributed by atoms with Gasteiger partial charge < -0.3 is 19.7 Å². The van der Waals surface area contributed by atoms with Gasteiger partial charge in [0.05, 0.1) is 18.8 Å². The predicted molar refractivity (Wildman–Crippen MR) is 99.4 cm³/mol. The number of carbonyl (C=O) groups is 2. The molecule has 0 aliphatic carbocycles. The van der Waals surface area contributed by atoms with Gasteiger partial charge in [0, 0.05) is 24.5 Å². The highest BCUT2D eigenvalue weighted by Gasteiger charge is 2.19. The van der Waals surface area contributed by atoms with Crippen molar-refractivity contribution in [1.29, 1.82) is 0 Å². The largest absolute Gasteiger partial charge is 0.449 e. The van der Waals surface area contributed by atoms with Crippen LogP contribution >= 0.6 is 0 Å². The number of halogens is 1. The van der Waals surface area contributed by atoms with Crippen LogP contribution in [0.25, 0.3) is 0 Å². The molecule has 3 rings (SSSR count). The van der Waals surface area contributed by atoms with Crippen LogP contribution in [0.1, 0.15) is 17.3 Å². The van der Waals surface area contributed by atoms with Gasteiger partial charge in [-0.3, -0.25) is 4.79 Å². The number of nitrogens with one attached hydrogen (secondary N) is 1. The Labute approximate surface area is 156 Å². The molecule has 0 aromatic heterocycles. The Balaban J connectivity index is 1.55. The third-order valence-electron chi connectivity index (χ3n) is 4.22. The first kappa shape index (κ1) is 18.8. The lowest BCUT2D eigenvalue weighted by Crippen LogP contribution is -2.36. The first-order valence-electron chi connectivity index (χ1n) is 8.73. The Morgan fingerprint density at radius 3 is 2.52 bits per heavy atom. The number of amides is 1. The third-order valence-corrected chi connectivity index (χ3v) is 4.22. The summed E-state index contributed by atoms with van der Waals surface area (Å²) in [6.07, 6.45) is -1.01. The number of morpholine rings is 1. The van der Waals surface area contributed by atoms with Gasteiger partial charge in [0.25, 0.3) is 5.91 Å². The van der Waals surface area contributed by atoms with Crippen LogP contribution in [0.15, 0.2) is 48.5 Å². The Bertz CT molecular complexity index is 804. The van der Waals surface area contributed by atoms with E-state index in [1.54, 1.807) is 12.1 Å². The van der Waals surface area contributed by atoms with Crippen LogP contribution < -0.4 is 10.2 Å². The van der Waals surface area contributed by atoms with Crippen LogP contribution in [0.4, 0.5) is 15.8 Å². The molecule has 1 heterocycles. The first-order chi connectivity index (χ1) is 13.0. The van der Waals surface area contributed by atoms with Crippen molar-refractivity contribution in [3.63, 3.8) is 0 Å². The molecule has 0 saturated carbocycles. The van der Waals surface area contributed by atoms with E-state index >= 15 is 0 Å². The van der Waals surface area contributed by atoms with Gasteiger partial charge in [-0.15, -0.1) is 0 Å². The molecular weight excluding hydrogens is 351 g/mol. The average molecular weight is 372 g/mol. The summed E-state index contributed by atoms with van der Waals surface area (Å²) in [7, 11) is 0. The molecule has 142 valence electrons. The van der Waals surface area contributed by atoms with Crippen LogP contribution in [-0.4, -0.2) is 44.3 Å². The van der Waals surface area contributed by atoms with Crippen LogP contribution in [0, 0.1) is 5.82 Å². The fourth-order valence-electron chi connectivity index (χ4n) is 2.72. The average Bonchev–Trinajstić information content (AvgIpc) is 2.69. The highest BCUT2D eigenvalue weighted by Crippen LogP contribution is 2.19. The van der Waals surface area contributed by atoms with Crippen molar-refractivity contribution in [3.05, 3.63) is 59.9 Å². The molecule has 6 nitrogen and oxygen atoms in total. The Morgan fingerprint density at radius 2 is 1.85 bits per heavy atom. The van der Waals surface area contributed by atoms with Gasteiger partial charge in [-0.1, -0.05) is 6.07 Å². The van der Waals surface area contributed by atoms with Crippen molar-refractivity contribution in [2.75, 3.05) is 36.5 Å². The lowest BCUT2D eigenvalue weighted by Gasteiger charge is -2.28. The Kier molecular flexibility index (Phi) is 6.03. The van der Waals surface area contributed by atoms with Crippen molar-refractivity contribution >= 4 is 23.3 Å². The minimum absolute atomic E-state index is 0.0597. The van der Waals surface area contributed by atoms with Crippen LogP contribution in [0.5, 0.6) is 0 Å². The van der Waals surface area contributed by atoms with E-state index in [4.69, 9.17) is 9.47 Å². The van der Waals surface area contributed by atoms with Crippen molar-refractivity contribution in [2.24, 2.45) is 0 Å². The fourth-order valence-corrected chi connectivity index (χ4v) is 2.72. The summed E-state index contributed by atoms with van der Waals surface area (Å²) in [6.45, 7) is 4.53. The predicted octanol–water partition coefficient (Wildman–Crippen LogP) is 2.85. The van der Waals surface area contributed by atoms with E-state index in [0.717, 1.165) is 24.8 Å². The Morgan fingerprint density at radius 1 is 1.15 bits per heavy atom. The summed E-state index contributed by atoms with van der Waals surface area (Å²) < 4.78 is 23.6. The van der Waals surface area contributed by atoms with Crippen LogP contribution in [0.3, 0.4) is 0 Å². The minimum atomic E-state index is -1.01. The number of anilines is 2. The molecule has 1 amide bonds. The molecule has 1 atom stereocenters. The van der Waals surface area contributed by atoms with Crippen LogP contribution in [0.2, 0.25) is 0 Å². The van der Waals surface area contributed by atoms with E-state index in [9.17, 15) is 14.0 Å². The maximum atomic E-state index is 13.2. The van der Waals surface area contributed by atoms with E-state index in [1.165, 1.54) is 25.1 Å². The third kappa shape index (κ3) is 5.04. The smallest absolute Gasteiger partial charge is 0.339 e. The molecular formula is C20H21FN2O4. The normalized spacial score (nSPS) is 15.1. The number of rotatable bonds is 5. The van der Waals surface area contributed by atoms with E-state index in [1.807, 2.05) is 12.1 Å². The van der Waals surface area contributed by atoms with Gasteiger partial charge >= 0.3 is 5.97 Å². The number of nitrogens with zero attached hydrogens (tertiary/aromatic N) is 1. The van der Waals surface area contributed by atoms with E-state index in [0.29, 0.717) is 18.9 Å². The van der Waals surface area contributed by atoms with Gasteiger partial charge in [0.15, 0.2) is 6.10 Å². The monoisotopic (exact) mass is 372 g/mol. The van der Waals surface area contributed by atoms with Crippen molar-refractivity contribution in [2.45, 2.75) is 13.0 Å². The summed E-state index contributed by atoms with van der Waals surface area (Å²) in [4.78, 5) is 26.4. The highest BCUT2D eigenvalue weighted by molar-refractivity contribution is 5.97. The second kappa shape index (κ2) is 8.64. The number of carbonyl (C=O) groups excluding carboxylic acids is 2. The number of esters is 1.